The summed E-state index contributed by atoms with van der Waals surface area (Å²) in [6.45, 7) is -0.231. The molecule has 0 bridgehead atoms. The van der Waals surface area contributed by atoms with Gasteiger partial charge in [0, 0.05) is 0 Å². The van der Waals surface area contributed by atoms with Crippen LogP contribution >= 0.6 is 0 Å². The molecule has 0 aromatic carbocycles. The zero-order valence-corrected chi connectivity index (χ0v) is 4.64. The Hall–Kier alpha value is -1.07. The van der Waals surface area contributed by atoms with Crippen LogP contribution in [0.15, 0.2) is 12.2 Å². The van der Waals surface area contributed by atoms with E-state index in [1.165, 1.54) is 0 Å². The third-order valence-electron chi connectivity index (χ3n) is 0.665. The minimum absolute atomic E-state index is 0.231. The summed E-state index contributed by atoms with van der Waals surface area (Å²) < 4.78 is 45.8. The van der Waals surface area contributed by atoms with E-state index in [0.29, 0.717) is 0 Å². The van der Waals surface area contributed by atoms with Crippen molar-refractivity contribution in [2.24, 2.45) is 0 Å². The van der Waals surface area contributed by atoms with Crippen LogP contribution < -0.4 is 0 Å². The predicted molar refractivity (Wildman–Crippen MR) is 22.3 cm³/mol. The Kier molecular flexibility index (Phi) is 1.60. The Balaban J connectivity index is 2.38. The molecule has 0 aromatic rings. The van der Waals surface area contributed by atoms with Crippen molar-refractivity contribution in [1.82, 2.24) is 0 Å². The van der Waals surface area contributed by atoms with Gasteiger partial charge in [-0.1, -0.05) is 0 Å². The second-order valence-electron chi connectivity index (χ2n) is 1.41. The number of halogens is 3. The van der Waals surface area contributed by atoms with Gasteiger partial charge in [0.25, 0.3) is 0 Å². The van der Waals surface area contributed by atoms with Crippen molar-refractivity contribution in [3.05, 3.63) is 12.2 Å². The molecule has 0 radical (unpaired) electrons. The van der Waals surface area contributed by atoms with Crippen molar-refractivity contribution in [3.63, 3.8) is 0 Å². The fraction of sp³-hybridized carbons (Fsp3) is 0.500. The molecular formula is C4H3F3O3. The molecule has 0 unspecified atom stereocenters. The monoisotopic (exact) mass is 156 g/mol. The maximum absolute atomic E-state index is 11.3. The molecule has 0 fully saturated rings. The van der Waals surface area contributed by atoms with Crippen molar-refractivity contribution in [3.8, 4) is 0 Å². The minimum atomic E-state index is -4.71. The van der Waals surface area contributed by atoms with E-state index < -0.39 is 12.3 Å². The van der Waals surface area contributed by atoms with Gasteiger partial charge in [-0.25, -0.2) is 0 Å². The lowest BCUT2D eigenvalue weighted by Gasteiger charge is -2.06. The van der Waals surface area contributed by atoms with Crippen LogP contribution in [0, 0.1) is 0 Å². The van der Waals surface area contributed by atoms with Crippen LogP contribution in [-0.2, 0) is 14.2 Å². The molecule has 1 heterocycles. The fourth-order valence-electron chi connectivity index (χ4n) is 0.396. The number of hydrogen-bond acceptors (Lipinski definition) is 3. The third kappa shape index (κ3) is 2.04. The van der Waals surface area contributed by atoms with E-state index in [-0.39, 0.29) is 6.79 Å². The van der Waals surface area contributed by atoms with E-state index >= 15 is 0 Å². The highest BCUT2D eigenvalue weighted by Gasteiger charge is 2.34. The molecule has 0 aromatic heterocycles. The van der Waals surface area contributed by atoms with E-state index in [2.05, 4.69) is 14.2 Å². The molecule has 0 spiro atoms. The Morgan fingerprint density at radius 2 is 2.20 bits per heavy atom. The van der Waals surface area contributed by atoms with Gasteiger partial charge in [-0.2, -0.15) is 0 Å². The van der Waals surface area contributed by atoms with Crippen LogP contribution in [0.1, 0.15) is 0 Å². The Bertz CT molecular complexity index is 150. The Morgan fingerprint density at radius 3 is 2.60 bits per heavy atom. The summed E-state index contributed by atoms with van der Waals surface area (Å²) in [5, 5.41) is 0. The van der Waals surface area contributed by atoms with Crippen molar-refractivity contribution in [2.75, 3.05) is 6.79 Å². The van der Waals surface area contributed by atoms with Crippen LogP contribution in [0.25, 0.3) is 0 Å². The quantitative estimate of drug-likeness (QED) is 0.573. The van der Waals surface area contributed by atoms with Crippen LogP contribution in [-0.4, -0.2) is 13.2 Å². The Morgan fingerprint density at radius 1 is 1.50 bits per heavy atom. The molecule has 1 aliphatic heterocycles. The van der Waals surface area contributed by atoms with Gasteiger partial charge in [0.2, 0.25) is 6.79 Å². The van der Waals surface area contributed by atoms with Gasteiger partial charge in [-0.3, -0.25) is 0 Å². The molecule has 1 aliphatic rings. The third-order valence-corrected chi connectivity index (χ3v) is 0.665. The lowest BCUT2D eigenvalue weighted by Crippen LogP contribution is -2.12. The lowest BCUT2D eigenvalue weighted by molar-refractivity contribution is -0.320. The summed E-state index contributed by atoms with van der Waals surface area (Å²) in [6, 6.07) is 0. The van der Waals surface area contributed by atoms with Crippen molar-refractivity contribution in [2.45, 2.75) is 6.36 Å². The molecule has 0 saturated heterocycles. The molecule has 6 heteroatoms. The minimum Gasteiger partial charge on any atom is -0.458 e. The fourth-order valence-corrected chi connectivity index (χ4v) is 0.396. The van der Waals surface area contributed by atoms with E-state index in [1.807, 2.05) is 0 Å². The summed E-state index contributed by atoms with van der Waals surface area (Å²) in [5.41, 5.74) is 0. The van der Waals surface area contributed by atoms with Gasteiger partial charge >= 0.3 is 12.3 Å². The topological polar surface area (TPSA) is 27.7 Å². The summed E-state index contributed by atoms with van der Waals surface area (Å²) in [4.78, 5) is 0. The number of rotatable bonds is 1. The van der Waals surface area contributed by atoms with Gasteiger partial charge in [0.05, 0.1) is 0 Å². The van der Waals surface area contributed by atoms with Crippen molar-refractivity contribution < 1.29 is 27.4 Å². The van der Waals surface area contributed by atoms with Crippen molar-refractivity contribution >= 4 is 0 Å². The molecule has 0 amide bonds. The second-order valence-corrected chi connectivity index (χ2v) is 1.41. The molecule has 0 atom stereocenters. The maximum atomic E-state index is 11.3. The molecule has 0 N–H and O–H groups in total. The number of ether oxygens (including phenoxy) is 3. The van der Waals surface area contributed by atoms with Crippen molar-refractivity contribution in [1.29, 1.82) is 0 Å². The first-order valence-electron chi connectivity index (χ1n) is 2.28. The second kappa shape index (κ2) is 2.28. The zero-order valence-electron chi connectivity index (χ0n) is 4.64. The summed E-state index contributed by atoms with van der Waals surface area (Å²) in [5.74, 6) is -0.660. The Labute approximate surface area is 54.0 Å². The number of alkyl halides is 3. The normalized spacial score (nSPS) is 17.3. The van der Waals surface area contributed by atoms with Crippen LogP contribution in [0.5, 0.6) is 0 Å². The molecule has 58 valence electrons. The number of hydrogen-bond donors (Lipinski definition) is 0. The highest BCUT2D eigenvalue weighted by atomic mass is 19.4. The average molecular weight is 156 g/mol. The van der Waals surface area contributed by atoms with Crippen LogP contribution in [0.4, 0.5) is 13.2 Å². The van der Waals surface area contributed by atoms with E-state index in [0.717, 1.165) is 6.26 Å². The molecule has 3 nitrogen and oxygen atoms in total. The molecule has 0 aliphatic carbocycles. The highest BCUT2D eigenvalue weighted by Crippen LogP contribution is 2.22. The summed E-state index contributed by atoms with van der Waals surface area (Å²) in [6.07, 6.45) is -3.95. The highest BCUT2D eigenvalue weighted by molar-refractivity contribution is 4.78. The SMILES string of the molecule is FC(F)(F)OC1=COCO1. The average Bonchev–Trinajstić information content (AvgIpc) is 2.12. The van der Waals surface area contributed by atoms with Gasteiger partial charge in [0.1, 0.15) is 0 Å². The molecule has 0 saturated carbocycles. The first kappa shape index (κ1) is 7.04. The van der Waals surface area contributed by atoms with Gasteiger partial charge in [-0.15, -0.1) is 13.2 Å². The van der Waals surface area contributed by atoms with E-state index in [9.17, 15) is 13.2 Å². The molecule has 10 heavy (non-hydrogen) atoms. The maximum Gasteiger partial charge on any atom is 0.575 e. The predicted octanol–water partition coefficient (Wildman–Crippen LogP) is 1.33. The molecular weight excluding hydrogens is 153 g/mol. The van der Waals surface area contributed by atoms with E-state index in [1.54, 1.807) is 0 Å². The lowest BCUT2D eigenvalue weighted by atomic mass is 11.0. The largest absolute Gasteiger partial charge is 0.575 e. The first-order valence-corrected chi connectivity index (χ1v) is 2.28. The standard InChI is InChI=1S/C4H3F3O3/c5-4(6,7)10-3-1-8-2-9-3/h1H,2H2. The van der Waals surface area contributed by atoms with Gasteiger partial charge in [-0.05, 0) is 0 Å². The van der Waals surface area contributed by atoms with E-state index in [4.69, 9.17) is 0 Å². The molecule has 1 rings (SSSR count). The summed E-state index contributed by atoms with van der Waals surface area (Å²) >= 11 is 0. The summed E-state index contributed by atoms with van der Waals surface area (Å²) in [7, 11) is 0. The van der Waals surface area contributed by atoms with Crippen LogP contribution in [0.2, 0.25) is 0 Å². The zero-order chi connectivity index (χ0) is 7.61. The smallest absolute Gasteiger partial charge is 0.458 e. The first-order chi connectivity index (χ1) is 4.58. The van der Waals surface area contributed by atoms with Crippen LogP contribution in [0.3, 0.4) is 0 Å². The van der Waals surface area contributed by atoms with Gasteiger partial charge in [0.15, 0.2) is 6.26 Å². The van der Waals surface area contributed by atoms with Gasteiger partial charge < -0.3 is 14.2 Å².